The van der Waals surface area contributed by atoms with Gasteiger partial charge >= 0.3 is 5.97 Å². The van der Waals surface area contributed by atoms with Crippen molar-refractivity contribution >= 4 is 16.9 Å². The fourth-order valence-electron chi connectivity index (χ4n) is 2.14. The molecule has 0 radical (unpaired) electrons. The molecule has 6 heteroatoms. The van der Waals surface area contributed by atoms with Gasteiger partial charge in [0, 0.05) is 18.0 Å². The van der Waals surface area contributed by atoms with E-state index in [4.69, 9.17) is 5.11 Å². The molecule has 0 bridgehead atoms. The summed E-state index contributed by atoms with van der Waals surface area (Å²) in [5.41, 5.74) is 1.91. The number of H-pyrrole nitrogens is 1. The maximum absolute atomic E-state index is 13.1. The zero-order valence-corrected chi connectivity index (χ0v) is 10.0. The molecule has 1 aromatic carbocycles. The Morgan fingerprint density at radius 2 is 2.21 bits per heavy atom. The molecule has 0 spiro atoms. The molecule has 0 atom stereocenters. The quantitative estimate of drug-likeness (QED) is 0.742. The molecule has 0 amide bonds. The molecule has 2 N–H and O–H groups in total. The molecule has 0 aliphatic carbocycles. The van der Waals surface area contributed by atoms with Crippen molar-refractivity contribution in [2.45, 2.75) is 0 Å². The molecule has 0 fully saturated rings. The van der Waals surface area contributed by atoms with Gasteiger partial charge in [0.2, 0.25) is 0 Å². The van der Waals surface area contributed by atoms with E-state index in [1.165, 1.54) is 23.0 Å². The van der Waals surface area contributed by atoms with Crippen LogP contribution in [0.4, 0.5) is 4.39 Å². The first-order valence-corrected chi connectivity index (χ1v) is 5.60. The molecule has 0 unspecified atom stereocenters. The Bertz CT molecular complexity index is 788. The van der Waals surface area contributed by atoms with Gasteiger partial charge in [0.05, 0.1) is 17.6 Å². The van der Waals surface area contributed by atoms with Crippen LogP contribution in [0.1, 0.15) is 10.4 Å². The number of carboxylic acid groups (broad SMARTS) is 1. The number of rotatable bonds is 2. The minimum Gasteiger partial charge on any atom is -0.478 e. The molecular weight excluding hydrogens is 249 g/mol. The average Bonchev–Trinajstić information content (AvgIpc) is 2.91. The number of nitrogens with one attached hydrogen (secondary N) is 1. The molecule has 0 saturated carbocycles. The van der Waals surface area contributed by atoms with Gasteiger partial charge in [0.25, 0.3) is 0 Å². The van der Waals surface area contributed by atoms with Crippen LogP contribution in [0.25, 0.3) is 22.3 Å². The van der Waals surface area contributed by atoms with Gasteiger partial charge in [0.15, 0.2) is 0 Å². The van der Waals surface area contributed by atoms with Gasteiger partial charge in [-0.3, -0.25) is 4.68 Å². The highest BCUT2D eigenvalue weighted by atomic mass is 19.1. The molecule has 0 aliphatic rings. The fourth-order valence-corrected chi connectivity index (χ4v) is 2.14. The first kappa shape index (κ1) is 11.5. The molecule has 19 heavy (non-hydrogen) atoms. The maximum Gasteiger partial charge on any atom is 0.339 e. The molecule has 0 saturated heterocycles. The summed E-state index contributed by atoms with van der Waals surface area (Å²) in [7, 11) is 1.66. The number of halogens is 1. The van der Waals surface area contributed by atoms with E-state index in [9.17, 15) is 9.18 Å². The number of aromatic nitrogens is 3. The number of nitrogens with zero attached hydrogens (tertiary/aromatic N) is 2. The van der Waals surface area contributed by atoms with Crippen LogP contribution in [-0.2, 0) is 7.05 Å². The van der Waals surface area contributed by atoms with Crippen LogP contribution in [0.2, 0.25) is 0 Å². The summed E-state index contributed by atoms with van der Waals surface area (Å²) in [4.78, 5) is 14.2. The molecule has 3 aromatic rings. The Morgan fingerprint density at radius 1 is 1.42 bits per heavy atom. The fraction of sp³-hybridized carbons (Fsp3) is 0.0769. The monoisotopic (exact) mass is 259 g/mol. The van der Waals surface area contributed by atoms with Crippen molar-refractivity contribution in [3.05, 3.63) is 41.8 Å². The third-order valence-corrected chi connectivity index (χ3v) is 3.01. The van der Waals surface area contributed by atoms with Crippen LogP contribution in [-0.4, -0.2) is 25.8 Å². The smallest absolute Gasteiger partial charge is 0.339 e. The normalized spacial score (nSPS) is 11.1. The molecular formula is C13H10FN3O2. The van der Waals surface area contributed by atoms with Gasteiger partial charge in [0.1, 0.15) is 11.4 Å². The predicted molar refractivity (Wildman–Crippen MR) is 67.4 cm³/mol. The Hall–Kier alpha value is -2.63. The van der Waals surface area contributed by atoms with E-state index in [1.54, 1.807) is 19.2 Å². The highest BCUT2D eigenvalue weighted by molar-refractivity contribution is 5.96. The summed E-state index contributed by atoms with van der Waals surface area (Å²) >= 11 is 0. The Kier molecular flexibility index (Phi) is 2.38. The van der Waals surface area contributed by atoms with Gasteiger partial charge in [-0.15, -0.1) is 0 Å². The predicted octanol–water partition coefficient (Wildman–Crippen LogP) is 2.41. The number of hydrogen-bond donors (Lipinski definition) is 2. The van der Waals surface area contributed by atoms with Crippen molar-refractivity contribution in [2.75, 3.05) is 0 Å². The maximum atomic E-state index is 13.1. The van der Waals surface area contributed by atoms with E-state index < -0.39 is 5.97 Å². The highest BCUT2D eigenvalue weighted by Gasteiger charge is 2.18. The number of carbonyl (C=O) groups is 1. The van der Waals surface area contributed by atoms with Gasteiger partial charge in [-0.1, -0.05) is 0 Å². The van der Waals surface area contributed by atoms with Crippen molar-refractivity contribution in [1.82, 2.24) is 14.8 Å². The summed E-state index contributed by atoms with van der Waals surface area (Å²) in [6.45, 7) is 0. The minimum absolute atomic E-state index is 0.106. The van der Waals surface area contributed by atoms with E-state index in [1.807, 2.05) is 0 Å². The number of aromatic amines is 1. The largest absolute Gasteiger partial charge is 0.478 e. The number of aromatic carboxylic acids is 1. The van der Waals surface area contributed by atoms with Crippen LogP contribution in [0.5, 0.6) is 0 Å². The summed E-state index contributed by atoms with van der Waals surface area (Å²) < 4.78 is 14.6. The molecule has 0 aliphatic heterocycles. The lowest BCUT2D eigenvalue weighted by atomic mass is 10.2. The van der Waals surface area contributed by atoms with Crippen LogP contribution in [0.3, 0.4) is 0 Å². The number of fused-ring (bicyclic) bond motifs is 1. The lowest BCUT2D eigenvalue weighted by molar-refractivity contribution is 0.0697. The number of hydrogen-bond acceptors (Lipinski definition) is 2. The topological polar surface area (TPSA) is 70.9 Å². The molecule has 96 valence electrons. The second kappa shape index (κ2) is 3.94. The van der Waals surface area contributed by atoms with Gasteiger partial charge in [-0.05, 0) is 24.3 Å². The van der Waals surface area contributed by atoms with Crippen LogP contribution < -0.4 is 0 Å². The van der Waals surface area contributed by atoms with E-state index in [0.717, 1.165) is 5.52 Å². The number of aryl methyl sites for hydroxylation is 1. The second-order valence-corrected chi connectivity index (χ2v) is 4.25. The van der Waals surface area contributed by atoms with Crippen molar-refractivity contribution in [3.8, 4) is 11.4 Å². The van der Waals surface area contributed by atoms with E-state index >= 15 is 0 Å². The first-order valence-electron chi connectivity index (χ1n) is 5.60. The van der Waals surface area contributed by atoms with Gasteiger partial charge in [-0.2, -0.15) is 5.10 Å². The first-order chi connectivity index (χ1) is 9.06. The Labute approximate surface area is 107 Å². The van der Waals surface area contributed by atoms with Crippen LogP contribution in [0.15, 0.2) is 30.5 Å². The molecule has 2 heterocycles. The average molecular weight is 259 g/mol. The Balaban J connectivity index is 2.24. The van der Waals surface area contributed by atoms with Gasteiger partial charge < -0.3 is 10.1 Å². The third kappa shape index (κ3) is 1.77. The third-order valence-electron chi connectivity index (χ3n) is 3.01. The van der Waals surface area contributed by atoms with E-state index in [2.05, 4.69) is 10.1 Å². The zero-order valence-electron chi connectivity index (χ0n) is 10.0. The van der Waals surface area contributed by atoms with Crippen LogP contribution in [0, 0.1) is 5.82 Å². The van der Waals surface area contributed by atoms with E-state index in [-0.39, 0.29) is 11.4 Å². The summed E-state index contributed by atoms with van der Waals surface area (Å²) in [5, 5.41) is 13.8. The van der Waals surface area contributed by atoms with Crippen molar-refractivity contribution in [2.24, 2.45) is 7.05 Å². The number of benzene rings is 1. The van der Waals surface area contributed by atoms with Crippen molar-refractivity contribution in [1.29, 1.82) is 0 Å². The zero-order chi connectivity index (χ0) is 13.6. The second-order valence-electron chi connectivity index (χ2n) is 4.25. The standard InChI is InChI=1S/C13H10FN3O2/c1-17-12(9(6-15-17)13(18)19)11-5-7-4-8(14)2-3-10(7)16-11/h2-6,16H,1H3,(H,18,19). The molecule has 5 nitrogen and oxygen atoms in total. The van der Waals surface area contributed by atoms with Gasteiger partial charge in [-0.25, -0.2) is 9.18 Å². The lowest BCUT2D eigenvalue weighted by Crippen LogP contribution is -2.00. The minimum atomic E-state index is -1.05. The summed E-state index contributed by atoms with van der Waals surface area (Å²) in [6, 6.07) is 6.07. The van der Waals surface area contributed by atoms with E-state index in [0.29, 0.717) is 16.8 Å². The lowest BCUT2D eigenvalue weighted by Gasteiger charge is -2.00. The SMILES string of the molecule is Cn1ncc(C(=O)O)c1-c1cc2cc(F)ccc2[nH]1. The summed E-state index contributed by atoms with van der Waals surface area (Å²) in [6.07, 6.45) is 1.30. The number of carboxylic acids is 1. The van der Waals surface area contributed by atoms with Crippen LogP contribution >= 0.6 is 0 Å². The summed E-state index contributed by atoms with van der Waals surface area (Å²) in [5.74, 6) is -1.38. The Morgan fingerprint density at radius 3 is 2.95 bits per heavy atom. The molecule has 2 aromatic heterocycles. The highest BCUT2D eigenvalue weighted by Crippen LogP contribution is 2.27. The molecule has 3 rings (SSSR count). The van der Waals surface area contributed by atoms with Crippen molar-refractivity contribution < 1.29 is 14.3 Å². The van der Waals surface area contributed by atoms with Crippen molar-refractivity contribution in [3.63, 3.8) is 0 Å².